The first-order chi connectivity index (χ1) is 15.6. The average Bonchev–Trinajstić information content (AvgIpc) is 2.95. The molecule has 6 nitrogen and oxygen atoms in total. The SMILES string of the molecule is CCC1(c2cccc(OC(=O)Nc3ccc(C(=O)OC(C)(C)C)cc3)c2)CCCCN(C)C1. The summed E-state index contributed by atoms with van der Waals surface area (Å²) in [6.45, 7) is 9.82. The van der Waals surface area contributed by atoms with E-state index in [1.165, 1.54) is 18.4 Å². The van der Waals surface area contributed by atoms with Gasteiger partial charge in [0.1, 0.15) is 11.4 Å². The Labute approximate surface area is 197 Å². The molecule has 0 aliphatic carbocycles. The van der Waals surface area contributed by atoms with E-state index in [9.17, 15) is 9.59 Å². The summed E-state index contributed by atoms with van der Waals surface area (Å²) in [7, 11) is 2.18. The summed E-state index contributed by atoms with van der Waals surface area (Å²) in [4.78, 5) is 27.1. The van der Waals surface area contributed by atoms with Crippen LogP contribution in [0.15, 0.2) is 48.5 Å². The molecule has 1 aliphatic rings. The van der Waals surface area contributed by atoms with Crippen LogP contribution in [0, 0.1) is 0 Å². The predicted molar refractivity (Wildman–Crippen MR) is 131 cm³/mol. The van der Waals surface area contributed by atoms with Gasteiger partial charge in [-0.25, -0.2) is 9.59 Å². The maximum Gasteiger partial charge on any atom is 0.417 e. The van der Waals surface area contributed by atoms with E-state index in [0.717, 1.165) is 25.9 Å². The minimum atomic E-state index is -0.569. The lowest BCUT2D eigenvalue weighted by Gasteiger charge is -2.35. The van der Waals surface area contributed by atoms with Crippen molar-refractivity contribution in [2.75, 3.05) is 25.5 Å². The van der Waals surface area contributed by atoms with Gasteiger partial charge in [0, 0.05) is 17.6 Å². The maximum absolute atomic E-state index is 12.5. The summed E-state index contributed by atoms with van der Waals surface area (Å²) in [6, 6.07) is 14.5. The number of ether oxygens (including phenoxy) is 2. The molecule has 1 aliphatic heterocycles. The van der Waals surface area contributed by atoms with Crippen LogP contribution in [0.1, 0.15) is 69.3 Å². The van der Waals surface area contributed by atoms with Crippen molar-refractivity contribution in [3.05, 3.63) is 59.7 Å². The molecule has 1 amide bonds. The highest BCUT2D eigenvalue weighted by Crippen LogP contribution is 2.37. The zero-order chi connectivity index (χ0) is 24.1. The van der Waals surface area contributed by atoms with Gasteiger partial charge in [0.15, 0.2) is 0 Å². The topological polar surface area (TPSA) is 67.9 Å². The predicted octanol–water partition coefficient (Wildman–Crippen LogP) is 6.02. The number of benzene rings is 2. The van der Waals surface area contributed by atoms with Gasteiger partial charge in [-0.05, 0) is 95.6 Å². The zero-order valence-corrected chi connectivity index (χ0v) is 20.4. The van der Waals surface area contributed by atoms with Crippen LogP contribution >= 0.6 is 0 Å². The van der Waals surface area contributed by atoms with Crippen LogP contribution in [-0.4, -0.2) is 42.7 Å². The van der Waals surface area contributed by atoms with Crippen molar-refractivity contribution in [1.29, 1.82) is 0 Å². The molecular formula is C27H36N2O4. The molecule has 3 rings (SSSR count). The Hall–Kier alpha value is -2.86. The number of likely N-dealkylation sites (tertiary alicyclic amines) is 1. The molecule has 0 aromatic heterocycles. The Morgan fingerprint density at radius 3 is 2.48 bits per heavy atom. The third-order valence-electron chi connectivity index (χ3n) is 6.12. The number of carbonyl (C=O) groups is 2. The normalized spacial score (nSPS) is 19.4. The van der Waals surface area contributed by atoms with Crippen molar-refractivity contribution in [3.63, 3.8) is 0 Å². The monoisotopic (exact) mass is 452 g/mol. The molecule has 1 unspecified atom stereocenters. The van der Waals surface area contributed by atoms with Crippen LogP contribution in [0.3, 0.4) is 0 Å². The van der Waals surface area contributed by atoms with E-state index in [4.69, 9.17) is 9.47 Å². The fourth-order valence-electron chi connectivity index (χ4n) is 4.41. The molecule has 1 atom stereocenters. The fourth-order valence-corrected chi connectivity index (χ4v) is 4.41. The summed E-state index contributed by atoms with van der Waals surface area (Å²) in [6.07, 6.45) is 4.01. The van der Waals surface area contributed by atoms with Crippen molar-refractivity contribution in [3.8, 4) is 5.75 Å². The number of nitrogens with zero attached hydrogens (tertiary/aromatic N) is 1. The highest BCUT2D eigenvalue weighted by atomic mass is 16.6. The fraction of sp³-hybridized carbons (Fsp3) is 0.481. The van der Waals surface area contributed by atoms with Crippen LogP contribution in [0.25, 0.3) is 0 Å². The van der Waals surface area contributed by atoms with E-state index in [0.29, 0.717) is 17.0 Å². The molecule has 1 heterocycles. The molecule has 0 radical (unpaired) electrons. The van der Waals surface area contributed by atoms with Crippen LogP contribution in [0.2, 0.25) is 0 Å². The molecule has 1 fully saturated rings. The lowest BCUT2D eigenvalue weighted by Crippen LogP contribution is -2.37. The van der Waals surface area contributed by atoms with E-state index >= 15 is 0 Å². The number of likely N-dealkylation sites (N-methyl/N-ethyl adjacent to an activating group) is 1. The van der Waals surface area contributed by atoms with Crippen LogP contribution in [-0.2, 0) is 10.2 Å². The molecule has 1 N–H and O–H groups in total. The molecular weight excluding hydrogens is 416 g/mol. The lowest BCUT2D eigenvalue weighted by atomic mass is 9.74. The number of anilines is 1. The van der Waals surface area contributed by atoms with Crippen LogP contribution < -0.4 is 10.1 Å². The number of amides is 1. The van der Waals surface area contributed by atoms with Gasteiger partial charge in [0.2, 0.25) is 0 Å². The van der Waals surface area contributed by atoms with E-state index in [1.54, 1.807) is 30.3 Å². The number of nitrogens with one attached hydrogen (secondary N) is 1. The molecule has 6 heteroatoms. The number of esters is 1. The van der Waals surface area contributed by atoms with Crippen molar-refractivity contribution in [2.45, 2.75) is 64.4 Å². The number of carbonyl (C=O) groups excluding carboxylic acids is 2. The molecule has 2 aromatic rings. The average molecular weight is 453 g/mol. The summed E-state index contributed by atoms with van der Waals surface area (Å²) in [5.74, 6) is 0.123. The third kappa shape index (κ3) is 6.81. The summed E-state index contributed by atoms with van der Waals surface area (Å²) in [5, 5.41) is 2.72. The van der Waals surface area contributed by atoms with Gasteiger partial charge in [-0.15, -0.1) is 0 Å². The molecule has 1 saturated heterocycles. The van der Waals surface area contributed by atoms with Crippen molar-refractivity contribution >= 4 is 17.7 Å². The van der Waals surface area contributed by atoms with Crippen molar-refractivity contribution in [2.24, 2.45) is 0 Å². The van der Waals surface area contributed by atoms with Crippen molar-refractivity contribution in [1.82, 2.24) is 4.90 Å². The number of rotatable bonds is 5. The van der Waals surface area contributed by atoms with Gasteiger partial charge >= 0.3 is 12.1 Å². The quantitative estimate of drug-likeness (QED) is 0.562. The minimum Gasteiger partial charge on any atom is -0.456 e. The summed E-state index contributed by atoms with van der Waals surface area (Å²) >= 11 is 0. The number of hydrogen-bond donors (Lipinski definition) is 1. The van der Waals surface area contributed by atoms with Crippen molar-refractivity contribution < 1.29 is 19.1 Å². The Balaban J connectivity index is 1.66. The molecule has 0 spiro atoms. The summed E-state index contributed by atoms with van der Waals surface area (Å²) < 4.78 is 10.9. The largest absolute Gasteiger partial charge is 0.456 e. The number of hydrogen-bond acceptors (Lipinski definition) is 5. The van der Waals surface area contributed by atoms with Crippen LogP contribution in [0.4, 0.5) is 10.5 Å². The zero-order valence-electron chi connectivity index (χ0n) is 20.4. The maximum atomic E-state index is 12.5. The Morgan fingerprint density at radius 2 is 1.82 bits per heavy atom. The smallest absolute Gasteiger partial charge is 0.417 e. The summed E-state index contributed by atoms with van der Waals surface area (Å²) in [5.41, 5.74) is 1.69. The molecule has 178 valence electrons. The van der Waals surface area contributed by atoms with E-state index in [1.807, 2.05) is 32.9 Å². The van der Waals surface area contributed by atoms with Gasteiger partial charge in [-0.3, -0.25) is 5.32 Å². The minimum absolute atomic E-state index is 0.0680. The second kappa shape index (κ2) is 10.4. The first-order valence-corrected chi connectivity index (χ1v) is 11.7. The van der Waals surface area contributed by atoms with E-state index in [-0.39, 0.29) is 5.41 Å². The first-order valence-electron chi connectivity index (χ1n) is 11.7. The lowest BCUT2D eigenvalue weighted by molar-refractivity contribution is 0.00695. The van der Waals surface area contributed by atoms with E-state index < -0.39 is 17.7 Å². The van der Waals surface area contributed by atoms with Gasteiger partial charge in [0.05, 0.1) is 5.56 Å². The first kappa shape index (κ1) is 24.8. The Kier molecular flexibility index (Phi) is 7.80. The van der Waals surface area contributed by atoms with Gasteiger partial charge < -0.3 is 14.4 Å². The highest BCUT2D eigenvalue weighted by Gasteiger charge is 2.33. The Morgan fingerprint density at radius 1 is 1.09 bits per heavy atom. The van der Waals surface area contributed by atoms with Crippen LogP contribution in [0.5, 0.6) is 5.75 Å². The van der Waals surface area contributed by atoms with Gasteiger partial charge in [0.25, 0.3) is 0 Å². The Bertz CT molecular complexity index is 965. The van der Waals surface area contributed by atoms with Gasteiger partial charge in [-0.2, -0.15) is 0 Å². The second-order valence-electron chi connectivity index (χ2n) is 9.95. The molecule has 0 bridgehead atoms. The van der Waals surface area contributed by atoms with E-state index in [2.05, 4.69) is 30.3 Å². The molecule has 2 aromatic carbocycles. The third-order valence-corrected chi connectivity index (χ3v) is 6.12. The second-order valence-corrected chi connectivity index (χ2v) is 9.95. The standard InChI is InChI=1S/C27H36N2O4/c1-6-27(16-7-8-17-29(5)19-27)21-10-9-11-23(18-21)32-25(31)28-22-14-12-20(13-15-22)24(30)33-26(2,3)4/h9-15,18H,6-8,16-17,19H2,1-5H3,(H,28,31). The molecule has 0 saturated carbocycles. The highest BCUT2D eigenvalue weighted by molar-refractivity contribution is 5.91. The van der Waals surface area contributed by atoms with Gasteiger partial charge in [-0.1, -0.05) is 25.5 Å². The molecule has 33 heavy (non-hydrogen) atoms.